The maximum Gasteiger partial charge on any atom is 0.241 e. The quantitative estimate of drug-likeness (QED) is 0.897. The molecule has 3 unspecified atom stereocenters. The molecule has 110 valence electrons. The number of benzene rings is 1. The Morgan fingerprint density at radius 1 is 1.40 bits per heavy atom. The maximum absolute atomic E-state index is 12.6. The van der Waals surface area contributed by atoms with Crippen molar-refractivity contribution in [1.82, 2.24) is 10.2 Å². The summed E-state index contributed by atoms with van der Waals surface area (Å²) in [6.45, 7) is 6.32. The van der Waals surface area contributed by atoms with Crippen LogP contribution in [0.25, 0.3) is 0 Å². The van der Waals surface area contributed by atoms with E-state index >= 15 is 0 Å². The molecule has 1 heterocycles. The van der Waals surface area contributed by atoms with E-state index in [0.717, 1.165) is 24.8 Å². The minimum Gasteiger partial charge on any atom is -0.319 e. The van der Waals surface area contributed by atoms with E-state index in [0.29, 0.717) is 5.02 Å². The summed E-state index contributed by atoms with van der Waals surface area (Å²) in [5.74, 6) is 0.214. The highest BCUT2D eigenvalue weighted by atomic mass is 35.5. The van der Waals surface area contributed by atoms with Crippen LogP contribution in [0.2, 0.25) is 5.02 Å². The first-order valence-electron chi connectivity index (χ1n) is 7.42. The maximum atomic E-state index is 12.6. The van der Waals surface area contributed by atoms with E-state index < -0.39 is 0 Å². The van der Waals surface area contributed by atoms with E-state index in [1.165, 1.54) is 0 Å². The molecule has 1 aliphatic rings. The minimum atomic E-state index is -0.0713. The van der Waals surface area contributed by atoms with Crippen LogP contribution < -0.4 is 5.32 Å². The smallest absolute Gasteiger partial charge is 0.241 e. The fraction of sp³-hybridized carbons (Fsp3) is 0.562. The third-order valence-corrected chi connectivity index (χ3v) is 4.23. The van der Waals surface area contributed by atoms with E-state index in [1.807, 2.05) is 29.2 Å². The molecule has 0 bridgehead atoms. The lowest BCUT2D eigenvalue weighted by atomic mass is 10.1. The minimum absolute atomic E-state index is 0.0623. The van der Waals surface area contributed by atoms with Gasteiger partial charge in [0.1, 0.15) is 6.17 Å². The summed E-state index contributed by atoms with van der Waals surface area (Å²) in [5.41, 5.74) is 1.06. The predicted molar refractivity (Wildman–Crippen MR) is 82.6 cm³/mol. The second-order valence-electron chi connectivity index (χ2n) is 5.47. The van der Waals surface area contributed by atoms with Crippen LogP contribution >= 0.6 is 11.6 Å². The van der Waals surface area contributed by atoms with Gasteiger partial charge < -0.3 is 4.90 Å². The van der Waals surface area contributed by atoms with Crippen molar-refractivity contribution < 1.29 is 4.79 Å². The van der Waals surface area contributed by atoms with Gasteiger partial charge in [0.15, 0.2) is 0 Å². The predicted octanol–water partition coefficient (Wildman–Crippen LogP) is 3.74. The number of carbonyl (C=O) groups is 1. The van der Waals surface area contributed by atoms with E-state index in [1.54, 1.807) is 0 Å². The Morgan fingerprint density at radius 2 is 2.15 bits per heavy atom. The molecular formula is C16H23ClN2O. The third kappa shape index (κ3) is 2.99. The number of nitrogens with one attached hydrogen (secondary N) is 1. The molecule has 0 aromatic heterocycles. The van der Waals surface area contributed by atoms with Crippen molar-refractivity contribution in [2.24, 2.45) is 0 Å². The van der Waals surface area contributed by atoms with Crippen LogP contribution in [0.3, 0.4) is 0 Å². The van der Waals surface area contributed by atoms with E-state index in [9.17, 15) is 4.79 Å². The molecule has 1 N–H and O–H groups in total. The normalized spacial score (nSPS) is 24.2. The fourth-order valence-electron chi connectivity index (χ4n) is 2.75. The lowest BCUT2D eigenvalue weighted by molar-refractivity contribution is -0.132. The molecule has 3 atom stereocenters. The monoisotopic (exact) mass is 294 g/mol. The van der Waals surface area contributed by atoms with Crippen LogP contribution in [0.15, 0.2) is 24.3 Å². The lowest BCUT2D eigenvalue weighted by Crippen LogP contribution is -2.38. The molecule has 1 aromatic carbocycles. The first kappa shape index (κ1) is 15.3. The largest absolute Gasteiger partial charge is 0.319 e. The van der Waals surface area contributed by atoms with E-state index in [2.05, 4.69) is 26.1 Å². The van der Waals surface area contributed by atoms with Gasteiger partial charge in [0.2, 0.25) is 5.91 Å². The second-order valence-corrected chi connectivity index (χ2v) is 5.90. The number of hydrogen-bond donors (Lipinski definition) is 1. The SMILES string of the molecule is CCCC1NC(c2cccc(Cl)c2)N(C(C)CC)C1=O. The van der Waals surface area contributed by atoms with Crippen molar-refractivity contribution in [2.75, 3.05) is 0 Å². The third-order valence-electron chi connectivity index (χ3n) is 4.00. The number of nitrogens with zero attached hydrogens (tertiary/aromatic N) is 1. The van der Waals surface area contributed by atoms with Crippen molar-refractivity contribution >= 4 is 17.5 Å². The van der Waals surface area contributed by atoms with E-state index in [4.69, 9.17) is 11.6 Å². The summed E-state index contributed by atoms with van der Waals surface area (Å²) >= 11 is 6.09. The highest BCUT2D eigenvalue weighted by Crippen LogP contribution is 2.31. The van der Waals surface area contributed by atoms with Gasteiger partial charge in [-0.1, -0.05) is 44.0 Å². The first-order valence-corrected chi connectivity index (χ1v) is 7.80. The second kappa shape index (κ2) is 6.59. The summed E-state index contributed by atoms with van der Waals surface area (Å²) in [5, 5.41) is 4.18. The van der Waals surface area contributed by atoms with Crippen LogP contribution in [0.4, 0.5) is 0 Å². The number of rotatable bonds is 5. The van der Waals surface area contributed by atoms with Crippen molar-refractivity contribution in [3.05, 3.63) is 34.9 Å². The zero-order valence-corrected chi connectivity index (χ0v) is 13.2. The Hall–Kier alpha value is -1.06. The number of amides is 1. The van der Waals surface area contributed by atoms with Gasteiger partial charge >= 0.3 is 0 Å². The van der Waals surface area contributed by atoms with Crippen molar-refractivity contribution in [3.8, 4) is 0 Å². The average Bonchev–Trinajstić information content (AvgIpc) is 2.76. The Balaban J connectivity index is 2.31. The van der Waals surface area contributed by atoms with Crippen molar-refractivity contribution in [1.29, 1.82) is 0 Å². The molecule has 1 fully saturated rings. The van der Waals surface area contributed by atoms with Gasteiger partial charge in [0.25, 0.3) is 0 Å². The van der Waals surface area contributed by atoms with Crippen molar-refractivity contribution in [3.63, 3.8) is 0 Å². The van der Waals surface area contributed by atoms with Crippen LogP contribution in [0.5, 0.6) is 0 Å². The van der Waals surface area contributed by atoms with Crippen LogP contribution in [-0.2, 0) is 4.79 Å². The zero-order valence-electron chi connectivity index (χ0n) is 12.4. The highest BCUT2D eigenvalue weighted by Gasteiger charge is 2.40. The van der Waals surface area contributed by atoms with Gasteiger partial charge in [-0.05, 0) is 37.5 Å². The standard InChI is InChI=1S/C16H23ClN2O/c1-4-7-14-16(20)19(11(3)5-2)15(18-14)12-8-6-9-13(17)10-12/h6,8-11,14-15,18H,4-5,7H2,1-3H3. The molecule has 3 nitrogen and oxygen atoms in total. The Morgan fingerprint density at radius 3 is 2.75 bits per heavy atom. The summed E-state index contributed by atoms with van der Waals surface area (Å²) in [6.07, 6.45) is 2.76. The molecule has 2 rings (SSSR count). The molecule has 4 heteroatoms. The molecule has 0 saturated carbocycles. The lowest BCUT2D eigenvalue weighted by Gasteiger charge is -2.30. The van der Waals surface area contributed by atoms with Crippen molar-refractivity contribution in [2.45, 2.75) is 58.3 Å². The van der Waals surface area contributed by atoms with Gasteiger partial charge in [-0.3, -0.25) is 10.1 Å². The summed E-state index contributed by atoms with van der Waals surface area (Å²) < 4.78 is 0. The Bertz CT molecular complexity index is 477. The average molecular weight is 295 g/mol. The van der Waals surface area contributed by atoms with Crippen LogP contribution in [0.1, 0.15) is 51.8 Å². The Kier molecular flexibility index (Phi) is 5.06. The van der Waals surface area contributed by atoms with Crippen LogP contribution in [-0.4, -0.2) is 22.9 Å². The summed E-state index contributed by atoms with van der Waals surface area (Å²) in [4.78, 5) is 14.6. The summed E-state index contributed by atoms with van der Waals surface area (Å²) in [7, 11) is 0. The van der Waals surface area contributed by atoms with Gasteiger partial charge in [-0.2, -0.15) is 0 Å². The van der Waals surface area contributed by atoms with Gasteiger partial charge in [0, 0.05) is 11.1 Å². The summed E-state index contributed by atoms with van der Waals surface area (Å²) in [6, 6.07) is 7.92. The van der Waals surface area contributed by atoms with Gasteiger partial charge in [-0.15, -0.1) is 0 Å². The molecular weight excluding hydrogens is 272 g/mol. The topological polar surface area (TPSA) is 32.3 Å². The number of hydrogen-bond acceptors (Lipinski definition) is 2. The van der Waals surface area contributed by atoms with Gasteiger partial charge in [-0.25, -0.2) is 0 Å². The Labute approximate surface area is 126 Å². The van der Waals surface area contributed by atoms with E-state index in [-0.39, 0.29) is 24.2 Å². The molecule has 0 spiro atoms. The number of carbonyl (C=O) groups excluding carboxylic acids is 1. The molecule has 20 heavy (non-hydrogen) atoms. The van der Waals surface area contributed by atoms with Gasteiger partial charge in [0.05, 0.1) is 6.04 Å². The first-order chi connectivity index (χ1) is 9.58. The zero-order chi connectivity index (χ0) is 14.7. The van der Waals surface area contributed by atoms with Crippen LogP contribution in [0, 0.1) is 0 Å². The number of halogens is 1. The molecule has 1 amide bonds. The highest BCUT2D eigenvalue weighted by molar-refractivity contribution is 6.30. The molecule has 1 saturated heterocycles. The fourth-order valence-corrected chi connectivity index (χ4v) is 2.95. The molecule has 1 aliphatic heterocycles. The molecule has 0 aliphatic carbocycles. The molecule has 0 radical (unpaired) electrons. The molecule has 1 aromatic rings.